The van der Waals surface area contributed by atoms with E-state index in [1.807, 2.05) is 11.8 Å². The lowest BCUT2D eigenvalue weighted by Gasteiger charge is -2.23. The number of thioether (sulfide) groups is 1. The quantitative estimate of drug-likeness (QED) is 0.702. The van der Waals surface area contributed by atoms with E-state index in [0.717, 1.165) is 17.7 Å². The number of sulfonamides is 1. The zero-order valence-electron chi connectivity index (χ0n) is 12.1. The molecule has 0 amide bonds. The summed E-state index contributed by atoms with van der Waals surface area (Å²) in [5.74, 6) is 1.19. The van der Waals surface area contributed by atoms with Crippen molar-refractivity contribution in [2.24, 2.45) is 0 Å². The van der Waals surface area contributed by atoms with Crippen LogP contribution in [0.2, 0.25) is 0 Å². The molecule has 0 N–H and O–H groups in total. The molecule has 0 bridgehead atoms. The van der Waals surface area contributed by atoms with Crippen LogP contribution in [0.3, 0.4) is 0 Å². The van der Waals surface area contributed by atoms with E-state index in [4.69, 9.17) is 11.6 Å². The summed E-state index contributed by atoms with van der Waals surface area (Å²) in [6, 6.07) is 5.18. The van der Waals surface area contributed by atoms with Crippen LogP contribution >= 0.6 is 39.3 Å². The molecule has 21 heavy (non-hydrogen) atoms. The van der Waals surface area contributed by atoms with Gasteiger partial charge in [-0.05, 0) is 40.0 Å². The first-order chi connectivity index (χ1) is 9.76. The second-order valence-electron chi connectivity index (χ2n) is 5.66. The molecule has 0 radical (unpaired) electrons. The molecule has 1 heterocycles. The molecule has 1 fully saturated rings. The molecule has 0 aromatic heterocycles. The van der Waals surface area contributed by atoms with Crippen molar-refractivity contribution in [2.45, 2.75) is 35.8 Å². The smallest absolute Gasteiger partial charge is 0.207 e. The lowest BCUT2D eigenvalue weighted by Crippen LogP contribution is -2.33. The zero-order chi connectivity index (χ0) is 15.7. The summed E-state index contributed by atoms with van der Waals surface area (Å²) >= 11 is 11.0. The minimum absolute atomic E-state index is 0.129. The van der Waals surface area contributed by atoms with Crippen molar-refractivity contribution in [2.75, 3.05) is 18.8 Å². The molecule has 3 nitrogen and oxygen atoms in total. The Kier molecular flexibility index (Phi) is 5.69. The SMILES string of the molecule is CC1(C)CCN(S(=O)(=O)c2ccc(CCl)cc2Br)CCS1. The van der Waals surface area contributed by atoms with Crippen molar-refractivity contribution in [3.63, 3.8) is 0 Å². The Labute approximate surface area is 144 Å². The first-order valence-electron chi connectivity index (χ1n) is 6.75. The predicted octanol–water partition coefficient (Wildman–Crippen LogP) is 4.09. The van der Waals surface area contributed by atoms with Gasteiger partial charge in [0.2, 0.25) is 10.0 Å². The van der Waals surface area contributed by atoms with Crippen molar-refractivity contribution in [1.29, 1.82) is 0 Å². The monoisotopic (exact) mass is 411 g/mol. The third kappa shape index (κ3) is 4.16. The summed E-state index contributed by atoms with van der Waals surface area (Å²) in [6.07, 6.45) is 0.855. The minimum Gasteiger partial charge on any atom is -0.207 e. The summed E-state index contributed by atoms with van der Waals surface area (Å²) in [6.45, 7) is 5.45. The molecular formula is C14H19BrClNO2S2. The van der Waals surface area contributed by atoms with Gasteiger partial charge in [0.1, 0.15) is 0 Å². The molecule has 1 aromatic carbocycles. The lowest BCUT2D eigenvalue weighted by atomic mass is 10.1. The maximum atomic E-state index is 12.8. The van der Waals surface area contributed by atoms with E-state index in [2.05, 4.69) is 29.8 Å². The molecule has 7 heteroatoms. The van der Waals surface area contributed by atoms with E-state index >= 15 is 0 Å². The molecule has 0 spiro atoms. The number of halogens is 2. The van der Waals surface area contributed by atoms with Gasteiger partial charge < -0.3 is 0 Å². The highest BCUT2D eigenvalue weighted by Crippen LogP contribution is 2.34. The molecule has 2 rings (SSSR count). The molecule has 0 unspecified atom stereocenters. The molecule has 1 saturated heterocycles. The van der Waals surface area contributed by atoms with Crippen molar-refractivity contribution < 1.29 is 8.42 Å². The number of nitrogens with zero attached hydrogens (tertiary/aromatic N) is 1. The van der Waals surface area contributed by atoms with E-state index in [0.29, 0.717) is 28.3 Å². The predicted molar refractivity (Wildman–Crippen MR) is 93.6 cm³/mol. The number of hydrogen-bond donors (Lipinski definition) is 0. The third-order valence-electron chi connectivity index (χ3n) is 3.57. The maximum absolute atomic E-state index is 12.8. The van der Waals surface area contributed by atoms with Crippen LogP contribution in [-0.4, -0.2) is 36.3 Å². The largest absolute Gasteiger partial charge is 0.244 e. The van der Waals surface area contributed by atoms with Crippen LogP contribution < -0.4 is 0 Å². The maximum Gasteiger partial charge on any atom is 0.244 e. The Bertz CT molecular complexity index is 619. The molecule has 1 aliphatic rings. The summed E-state index contributed by atoms with van der Waals surface area (Å²) in [5.41, 5.74) is 0.898. The first kappa shape index (κ1) is 17.6. The first-order valence-corrected chi connectivity index (χ1v) is 10.5. The Morgan fingerprint density at radius 3 is 2.71 bits per heavy atom. The van der Waals surface area contributed by atoms with E-state index in [1.54, 1.807) is 22.5 Å². The molecule has 0 atom stereocenters. The van der Waals surface area contributed by atoms with Gasteiger partial charge in [-0.15, -0.1) is 11.6 Å². The Morgan fingerprint density at radius 2 is 2.10 bits per heavy atom. The lowest BCUT2D eigenvalue weighted by molar-refractivity contribution is 0.415. The molecule has 118 valence electrons. The fourth-order valence-electron chi connectivity index (χ4n) is 2.22. The van der Waals surface area contributed by atoms with E-state index in [-0.39, 0.29) is 4.75 Å². The number of alkyl halides is 1. The van der Waals surface area contributed by atoms with E-state index < -0.39 is 10.0 Å². The fraction of sp³-hybridized carbons (Fsp3) is 0.571. The second kappa shape index (κ2) is 6.79. The van der Waals surface area contributed by atoms with Gasteiger partial charge in [0.25, 0.3) is 0 Å². The number of hydrogen-bond acceptors (Lipinski definition) is 3. The van der Waals surface area contributed by atoms with E-state index in [9.17, 15) is 8.42 Å². The second-order valence-corrected chi connectivity index (χ2v) is 10.5. The topological polar surface area (TPSA) is 37.4 Å². The van der Waals surface area contributed by atoms with Crippen molar-refractivity contribution in [3.8, 4) is 0 Å². The van der Waals surface area contributed by atoms with Gasteiger partial charge in [0, 0.05) is 33.9 Å². The summed E-state index contributed by atoms with van der Waals surface area (Å²) in [7, 11) is -3.46. The fourth-order valence-corrected chi connectivity index (χ4v) is 6.13. The highest BCUT2D eigenvalue weighted by molar-refractivity contribution is 9.10. The summed E-state index contributed by atoms with van der Waals surface area (Å²) < 4.78 is 28.0. The van der Waals surface area contributed by atoms with Crippen LogP contribution in [0.1, 0.15) is 25.8 Å². The highest BCUT2D eigenvalue weighted by atomic mass is 79.9. The number of benzene rings is 1. The number of rotatable bonds is 3. The Hall–Kier alpha value is 0.250. The van der Waals surface area contributed by atoms with Gasteiger partial charge in [-0.25, -0.2) is 8.42 Å². The van der Waals surface area contributed by atoms with Gasteiger partial charge in [-0.3, -0.25) is 0 Å². The normalized spacial score (nSPS) is 20.2. The summed E-state index contributed by atoms with van der Waals surface area (Å²) in [5, 5.41) is 0. The van der Waals surface area contributed by atoms with Gasteiger partial charge in [-0.1, -0.05) is 19.9 Å². The van der Waals surface area contributed by atoms with Gasteiger partial charge in [0.15, 0.2) is 0 Å². The summed E-state index contributed by atoms with van der Waals surface area (Å²) in [4.78, 5) is 0.320. The van der Waals surface area contributed by atoms with Crippen molar-refractivity contribution in [3.05, 3.63) is 28.2 Å². The zero-order valence-corrected chi connectivity index (χ0v) is 16.1. The van der Waals surface area contributed by atoms with Gasteiger partial charge in [0.05, 0.1) is 4.90 Å². The van der Waals surface area contributed by atoms with Crippen LogP contribution in [0.4, 0.5) is 0 Å². The Morgan fingerprint density at radius 1 is 1.38 bits per heavy atom. The highest BCUT2D eigenvalue weighted by Gasteiger charge is 2.31. The van der Waals surface area contributed by atoms with Crippen LogP contribution in [0.15, 0.2) is 27.6 Å². The van der Waals surface area contributed by atoms with Gasteiger partial charge >= 0.3 is 0 Å². The van der Waals surface area contributed by atoms with Crippen molar-refractivity contribution in [1.82, 2.24) is 4.31 Å². The third-order valence-corrected chi connectivity index (χ3v) is 8.12. The average molecular weight is 413 g/mol. The van der Waals surface area contributed by atoms with Gasteiger partial charge in [-0.2, -0.15) is 16.1 Å². The Balaban J connectivity index is 2.29. The molecular weight excluding hydrogens is 394 g/mol. The molecule has 1 aliphatic heterocycles. The van der Waals surface area contributed by atoms with Crippen molar-refractivity contribution >= 4 is 49.3 Å². The van der Waals surface area contributed by atoms with Crippen LogP contribution in [0, 0.1) is 0 Å². The molecule has 0 saturated carbocycles. The minimum atomic E-state index is -3.46. The molecule has 1 aromatic rings. The van der Waals surface area contributed by atoms with E-state index in [1.165, 1.54) is 0 Å². The standard InChI is InChI=1S/C14H19BrClNO2S2/c1-14(2)5-6-17(7-8-20-14)21(18,19)13-4-3-11(10-16)9-12(13)15/h3-4,9H,5-8,10H2,1-2H3. The van der Waals surface area contributed by atoms with Crippen LogP contribution in [-0.2, 0) is 15.9 Å². The van der Waals surface area contributed by atoms with Crippen LogP contribution in [0.25, 0.3) is 0 Å². The molecule has 0 aliphatic carbocycles. The average Bonchev–Trinajstić information content (AvgIpc) is 2.59. The van der Waals surface area contributed by atoms with Crippen LogP contribution in [0.5, 0.6) is 0 Å².